The summed E-state index contributed by atoms with van der Waals surface area (Å²) in [5, 5.41) is 0.244. The second-order valence-electron chi connectivity index (χ2n) is 9.13. The number of rotatable bonds is 4. The maximum Gasteiger partial charge on any atom is 0.225 e. The molecule has 2 aliphatic rings. The standard InChI is InChI=1S/C24H30ClN5O/c1-16-6-8-18(9-7-16)15-30-21-20(19-5-3-4-17(2)14-19)26-23(25)27-22(21)28-24(30)29-10-12-31-13-11-29/h3-5,14,16,18H,6-13,15H2,1-2H3. The van der Waals surface area contributed by atoms with Crippen molar-refractivity contribution in [1.29, 1.82) is 0 Å². The van der Waals surface area contributed by atoms with Crippen LogP contribution in [0.1, 0.15) is 38.2 Å². The summed E-state index contributed by atoms with van der Waals surface area (Å²) in [5.74, 6) is 2.45. The lowest BCUT2D eigenvalue weighted by molar-refractivity contribution is 0.121. The van der Waals surface area contributed by atoms with Gasteiger partial charge >= 0.3 is 0 Å². The number of imidazole rings is 1. The topological polar surface area (TPSA) is 56.1 Å². The fourth-order valence-corrected chi connectivity index (χ4v) is 5.10. The third-order valence-electron chi connectivity index (χ3n) is 6.72. The highest BCUT2D eigenvalue weighted by Crippen LogP contribution is 2.35. The Balaban J connectivity index is 1.66. The Bertz CT molecular complexity index is 1070. The molecule has 3 heterocycles. The molecule has 1 saturated carbocycles. The first-order valence-electron chi connectivity index (χ1n) is 11.4. The van der Waals surface area contributed by atoms with Gasteiger partial charge in [-0.2, -0.15) is 9.97 Å². The zero-order chi connectivity index (χ0) is 21.4. The number of ether oxygens (including phenoxy) is 1. The van der Waals surface area contributed by atoms with Crippen LogP contribution in [0.4, 0.5) is 5.95 Å². The first-order chi connectivity index (χ1) is 15.1. The van der Waals surface area contributed by atoms with E-state index in [0.717, 1.165) is 61.5 Å². The molecule has 1 aliphatic heterocycles. The summed E-state index contributed by atoms with van der Waals surface area (Å²) in [4.78, 5) is 16.5. The van der Waals surface area contributed by atoms with Crippen LogP contribution in [0.2, 0.25) is 5.28 Å². The quantitative estimate of drug-likeness (QED) is 0.528. The van der Waals surface area contributed by atoms with Gasteiger partial charge in [0.1, 0.15) is 11.2 Å². The maximum absolute atomic E-state index is 6.36. The molecule has 2 aromatic heterocycles. The molecule has 1 aromatic carbocycles. The molecule has 2 fully saturated rings. The number of morpholine rings is 1. The molecule has 0 radical (unpaired) electrons. The predicted molar refractivity (Wildman–Crippen MR) is 125 cm³/mol. The highest BCUT2D eigenvalue weighted by atomic mass is 35.5. The van der Waals surface area contributed by atoms with Crippen LogP contribution in [-0.2, 0) is 11.3 Å². The first kappa shape index (κ1) is 20.7. The largest absolute Gasteiger partial charge is 0.378 e. The second kappa shape index (κ2) is 8.75. The number of halogens is 1. The van der Waals surface area contributed by atoms with Crippen LogP contribution >= 0.6 is 11.6 Å². The van der Waals surface area contributed by atoms with Gasteiger partial charge in [-0.05, 0) is 49.3 Å². The molecule has 31 heavy (non-hydrogen) atoms. The van der Waals surface area contributed by atoms with Gasteiger partial charge in [0.2, 0.25) is 11.2 Å². The Labute approximate surface area is 188 Å². The van der Waals surface area contributed by atoms with Gasteiger partial charge in [-0.3, -0.25) is 0 Å². The second-order valence-corrected chi connectivity index (χ2v) is 9.47. The smallest absolute Gasteiger partial charge is 0.225 e. The average molecular weight is 440 g/mol. The van der Waals surface area contributed by atoms with Crippen LogP contribution in [0.15, 0.2) is 24.3 Å². The van der Waals surface area contributed by atoms with E-state index in [4.69, 9.17) is 21.3 Å². The van der Waals surface area contributed by atoms with E-state index in [2.05, 4.69) is 57.5 Å². The van der Waals surface area contributed by atoms with Gasteiger partial charge in [-0.1, -0.05) is 43.5 Å². The molecule has 3 aromatic rings. The van der Waals surface area contributed by atoms with E-state index in [1.807, 2.05) is 0 Å². The highest BCUT2D eigenvalue weighted by Gasteiger charge is 2.27. The Kier molecular flexibility index (Phi) is 5.85. The third kappa shape index (κ3) is 4.28. The molecule has 5 rings (SSSR count). The van der Waals surface area contributed by atoms with Crippen molar-refractivity contribution in [3.63, 3.8) is 0 Å². The number of aryl methyl sites for hydroxylation is 1. The van der Waals surface area contributed by atoms with Gasteiger partial charge in [-0.15, -0.1) is 0 Å². The summed E-state index contributed by atoms with van der Waals surface area (Å²) in [6.07, 6.45) is 5.13. The molecular formula is C24H30ClN5O. The van der Waals surface area contributed by atoms with Crippen molar-refractivity contribution in [2.45, 2.75) is 46.1 Å². The van der Waals surface area contributed by atoms with Crippen LogP contribution in [0, 0.1) is 18.8 Å². The molecular weight excluding hydrogens is 410 g/mol. The van der Waals surface area contributed by atoms with Crippen molar-refractivity contribution >= 4 is 28.7 Å². The highest BCUT2D eigenvalue weighted by molar-refractivity contribution is 6.28. The van der Waals surface area contributed by atoms with Crippen molar-refractivity contribution in [2.75, 3.05) is 31.2 Å². The number of benzene rings is 1. The van der Waals surface area contributed by atoms with Gasteiger partial charge < -0.3 is 14.2 Å². The van der Waals surface area contributed by atoms with E-state index in [1.165, 1.54) is 31.2 Å². The van der Waals surface area contributed by atoms with E-state index in [9.17, 15) is 0 Å². The fourth-order valence-electron chi connectivity index (χ4n) is 4.94. The van der Waals surface area contributed by atoms with Crippen LogP contribution in [0.25, 0.3) is 22.4 Å². The SMILES string of the molecule is Cc1cccc(-c2nc(Cl)nc3nc(N4CCOCC4)n(CC4CCC(C)CC4)c23)c1. The van der Waals surface area contributed by atoms with E-state index in [0.29, 0.717) is 11.6 Å². The van der Waals surface area contributed by atoms with Gasteiger partial charge in [-0.25, -0.2) is 4.98 Å². The Morgan fingerprint density at radius 1 is 1.06 bits per heavy atom. The van der Waals surface area contributed by atoms with Gasteiger partial charge in [0.25, 0.3) is 0 Å². The minimum absolute atomic E-state index is 0.244. The molecule has 0 N–H and O–H groups in total. The number of aromatic nitrogens is 4. The lowest BCUT2D eigenvalue weighted by Crippen LogP contribution is -2.38. The molecule has 0 bridgehead atoms. The van der Waals surface area contributed by atoms with Crippen molar-refractivity contribution in [2.24, 2.45) is 11.8 Å². The van der Waals surface area contributed by atoms with Crippen LogP contribution in [0.5, 0.6) is 0 Å². The predicted octanol–water partition coefficient (Wildman–Crippen LogP) is 5.12. The molecule has 7 heteroatoms. The summed E-state index contributed by atoms with van der Waals surface area (Å²) in [5.41, 5.74) is 4.80. The molecule has 0 unspecified atom stereocenters. The Morgan fingerprint density at radius 3 is 2.58 bits per heavy atom. The molecule has 6 nitrogen and oxygen atoms in total. The lowest BCUT2D eigenvalue weighted by atomic mass is 9.83. The summed E-state index contributed by atoms with van der Waals surface area (Å²) in [6.45, 7) is 8.54. The monoisotopic (exact) mass is 439 g/mol. The summed E-state index contributed by atoms with van der Waals surface area (Å²) in [7, 11) is 0. The number of nitrogens with zero attached hydrogens (tertiary/aromatic N) is 5. The van der Waals surface area contributed by atoms with Crippen molar-refractivity contribution in [3.05, 3.63) is 35.1 Å². The zero-order valence-electron chi connectivity index (χ0n) is 18.4. The fraction of sp³-hybridized carbons (Fsp3) is 0.542. The Hall–Kier alpha value is -2.18. The number of hydrogen-bond donors (Lipinski definition) is 0. The summed E-state index contributed by atoms with van der Waals surface area (Å²) in [6, 6.07) is 8.42. The normalized spacial score (nSPS) is 22.2. The summed E-state index contributed by atoms with van der Waals surface area (Å²) >= 11 is 6.36. The van der Waals surface area contributed by atoms with Crippen LogP contribution in [-0.4, -0.2) is 45.8 Å². The van der Waals surface area contributed by atoms with Crippen molar-refractivity contribution in [1.82, 2.24) is 19.5 Å². The van der Waals surface area contributed by atoms with Crippen LogP contribution < -0.4 is 4.90 Å². The summed E-state index contributed by atoms with van der Waals surface area (Å²) < 4.78 is 7.96. The molecule has 1 saturated heterocycles. The maximum atomic E-state index is 6.36. The lowest BCUT2D eigenvalue weighted by Gasteiger charge is -2.31. The van der Waals surface area contributed by atoms with Gasteiger partial charge in [0.15, 0.2) is 5.65 Å². The van der Waals surface area contributed by atoms with Gasteiger partial charge in [0, 0.05) is 25.2 Å². The molecule has 164 valence electrons. The van der Waals surface area contributed by atoms with Crippen LogP contribution in [0.3, 0.4) is 0 Å². The molecule has 1 aliphatic carbocycles. The number of anilines is 1. The zero-order valence-corrected chi connectivity index (χ0v) is 19.1. The third-order valence-corrected chi connectivity index (χ3v) is 6.89. The van der Waals surface area contributed by atoms with Crippen molar-refractivity contribution in [3.8, 4) is 11.3 Å². The average Bonchev–Trinajstić information content (AvgIpc) is 3.13. The van der Waals surface area contributed by atoms with E-state index in [1.54, 1.807) is 0 Å². The molecule has 0 atom stereocenters. The van der Waals surface area contributed by atoms with Crippen molar-refractivity contribution < 1.29 is 4.74 Å². The minimum atomic E-state index is 0.244. The van der Waals surface area contributed by atoms with E-state index in [-0.39, 0.29) is 5.28 Å². The number of fused-ring (bicyclic) bond motifs is 1. The Morgan fingerprint density at radius 2 is 1.84 bits per heavy atom. The number of hydrogen-bond acceptors (Lipinski definition) is 5. The molecule has 0 spiro atoms. The molecule has 0 amide bonds. The van der Waals surface area contributed by atoms with E-state index < -0.39 is 0 Å². The minimum Gasteiger partial charge on any atom is -0.378 e. The van der Waals surface area contributed by atoms with E-state index >= 15 is 0 Å². The first-order valence-corrected chi connectivity index (χ1v) is 11.8. The van der Waals surface area contributed by atoms with Gasteiger partial charge in [0.05, 0.1) is 13.2 Å².